The third-order valence-electron chi connectivity index (χ3n) is 2.97. The molecule has 1 aromatic rings. The van der Waals surface area contributed by atoms with E-state index in [2.05, 4.69) is 9.47 Å². The quantitative estimate of drug-likeness (QED) is 0.863. The number of hydrogen-bond donors (Lipinski definition) is 1. The molecule has 0 amide bonds. The summed E-state index contributed by atoms with van der Waals surface area (Å²) in [6, 6.07) is 4.44. The Kier molecular flexibility index (Phi) is 6.51. The number of esters is 1. The minimum atomic E-state index is -4.83. The Balaban J connectivity index is 0.00000400. The van der Waals surface area contributed by atoms with Gasteiger partial charge in [0.25, 0.3) is 0 Å². The van der Waals surface area contributed by atoms with Crippen molar-refractivity contribution in [3.05, 3.63) is 29.8 Å². The second-order valence-corrected chi connectivity index (χ2v) is 4.78. The molecule has 21 heavy (non-hydrogen) atoms. The minimum absolute atomic E-state index is 0. The SMILES string of the molecule is COC(=O)C(C)(C)[C@H](N)c1ccccc1OC(F)(F)F.Cl. The van der Waals surface area contributed by atoms with Gasteiger partial charge >= 0.3 is 12.3 Å². The Bertz CT molecular complexity index is 492. The standard InChI is InChI=1S/C13H16F3NO3.ClH/c1-12(2,11(18)19-3)10(17)8-6-4-5-7-9(8)20-13(14,15)16;/h4-7,10H,17H2,1-3H3;1H/t10-;/m1./s1. The summed E-state index contributed by atoms with van der Waals surface area (Å²) in [6.45, 7) is 2.99. The number of methoxy groups -OCH3 is 1. The van der Waals surface area contributed by atoms with Crippen LogP contribution in [0, 0.1) is 5.41 Å². The fraction of sp³-hybridized carbons (Fsp3) is 0.462. The van der Waals surface area contributed by atoms with Gasteiger partial charge < -0.3 is 15.2 Å². The highest BCUT2D eigenvalue weighted by Crippen LogP contribution is 2.38. The van der Waals surface area contributed by atoms with Crippen molar-refractivity contribution in [3.8, 4) is 5.75 Å². The zero-order chi connectivity index (χ0) is 15.6. The first-order chi connectivity index (χ1) is 9.09. The molecule has 1 atom stereocenters. The zero-order valence-corrected chi connectivity index (χ0v) is 12.5. The van der Waals surface area contributed by atoms with Gasteiger partial charge in [-0.15, -0.1) is 25.6 Å². The number of para-hydroxylation sites is 1. The van der Waals surface area contributed by atoms with Gasteiger partial charge in [-0.3, -0.25) is 4.79 Å². The third kappa shape index (κ3) is 4.78. The summed E-state index contributed by atoms with van der Waals surface area (Å²) in [5, 5.41) is 0. The number of ether oxygens (including phenoxy) is 2. The summed E-state index contributed by atoms with van der Waals surface area (Å²) in [5.41, 5.74) is 4.81. The van der Waals surface area contributed by atoms with Crippen molar-refractivity contribution in [1.29, 1.82) is 0 Å². The summed E-state index contributed by atoms with van der Waals surface area (Å²) < 4.78 is 45.6. The van der Waals surface area contributed by atoms with Crippen LogP contribution in [-0.4, -0.2) is 19.4 Å². The molecule has 0 aliphatic heterocycles. The van der Waals surface area contributed by atoms with Gasteiger partial charge in [-0.2, -0.15) is 0 Å². The van der Waals surface area contributed by atoms with Crippen LogP contribution in [0.2, 0.25) is 0 Å². The molecule has 0 saturated heterocycles. The fourth-order valence-electron chi connectivity index (χ4n) is 1.73. The lowest BCUT2D eigenvalue weighted by Gasteiger charge is -2.30. The van der Waals surface area contributed by atoms with Gasteiger partial charge in [0, 0.05) is 11.6 Å². The van der Waals surface area contributed by atoms with Crippen LogP contribution in [0.5, 0.6) is 5.75 Å². The van der Waals surface area contributed by atoms with Crippen LogP contribution in [0.4, 0.5) is 13.2 Å². The Morgan fingerprint density at radius 2 is 1.76 bits per heavy atom. The van der Waals surface area contributed by atoms with Crippen LogP contribution in [0.25, 0.3) is 0 Å². The van der Waals surface area contributed by atoms with Gasteiger partial charge in [0.1, 0.15) is 5.75 Å². The van der Waals surface area contributed by atoms with Crippen molar-refractivity contribution in [2.24, 2.45) is 11.1 Å². The fourth-order valence-corrected chi connectivity index (χ4v) is 1.73. The van der Waals surface area contributed by atoms with E-state index < -0.39 is 29.5 Å². The maximum absolute atomic E-state index is 12.4. The summed E-state index contributed by atoms with van der Waals surface area (Å²) in [7, 11) is 1.19. The number of carbonyl (C=O) groups excluding carboxylic acids is 1. The average Bonchev–Trinajstić information content (AvgIpc) is 2.35. The molecule has 0 saturated carbocycles. The first-order valence-electron chi connectivity index (χ1n) is 5.78. The summed E-state index contributed by atoms with van der Waals surface area (Å²) in [6.07, 6.45) is -4.83. The smallest absolute Gasteiger partial charge is 0.469 e. The highest BCUT2D eigenvalue weighted by molar-refractivity contribution is 5.85. The molecule has 0 spiro atoms. The van der Waals surface area contributed by atoms with Crippen LogP contribution >= 0.6 is 12.4 Å². The number of benzene rings is 1. The Morgan fingerprint density at radius 3 is 2.24 bits per heavy atom. The molecule has 1 aromatic carbocycles. The van der Waals surface area contributed by atoms with Crippen LogP contribution in [0.3, 0.4) is 0 Å². The Labute approximate surface area is 126 Å². The molecule has 1 rings (SSSR count). The average molecular weight is 328 g/mol. The van der Waals surface area contributed by atoms with E-state index in [0.717, 1.165) is 6.07 Å². The van der Waals surface area contributed by atoms with Crippen molar-refractivity contribution in [2.45, 2.75) is 26.3 Å². The van der Waals surface area contributed by atoms with Crippen LogP contribution in [0.15, 0.2) is 24.3 Å². The van der Waals surface area contributed by atoms with Crippen molar-refractivity contribution < 1.29 is 27.4 Å². The molecule has 8 heteroatoms. The number of carbonyl (C=O) groups is 1. The van der Waals surface area contributed by atoms with Gasteiger partial charge in [0.15, 0.2) is 0 Å². The van der Waals surface area contributed by atoms with E-state index in [1.807, 2.05) is 0 Å². The number of alkyl halides is 3. The third-order valence-corrected chi connectivity index (χ3v) is 2.97. The summed E-state index contributed by atoms with van der Waals surface area (Å²) in [4.78, 5) is 11.7. The second-order valence-electron chi connectivity index (χ2n) is 4.78. The molecule has 0 heterocycles. The van der Waals surface area contributed by atoms with E-state index in [1.165, 1.54) is 39.2 Å². The molecule has 0 aromatic heterocycles. The Hall–Kier alpha value is -1.47. The molecule has 0 radical (unpaired) electrons. The van der Waals surface area contributed by atoms with Crippen molar-refractivity contribution >= 4 is 18.4 Å². The molecule has 0 fully saturated rings. The normalized spacial score (nSPS) is 13.1. The van der Waals surface area contributed by atoms with E-state index in [-0.39, 0.29) is 18.0 Å². The van der Waals surface area contributed by atoms with Gasteiger partial charge in [0.05, 0.1) is 12.5 Å². The van der Waals surface area contributed by atoms with E-state index >= 15 is 0 Å². The van der Waals surface area contributed by atoms with E-state index in [9.17, 15) is 18.0 Å². The maximum Gasteiger partial charge on any atom is 0.573 e. The molecule has 2 N–H and O–H groups in total. The monoisotopic (exact) mass is 327 g/mol. The van der Waals surface area contributed by atoms with E-state index in [4.69, 9.17) is 5.73 Å². The number of halogens is 4. The van der Waals surface area contributed by atoms with Gasteiger partial charge in [-0.1, -0.05) is 18.2 Å². The molecule has 4 nitrogen and oxygen atoms in total. The van der Waals surface area contributed by atoms with Crippen molar-refractivity contribution in [1.82, 2.24) is 0 Å². The molecular weight excluding hydrogens is 311 g/mol. The second kappa shape index (κ2) is 7.00. The van der Waals surface area contributed by atoms with Gasteiger partial charge in [-0.25, -0.2) is 0 Å². The highest BCUT2D eigenvalue weighted by Gasteiger charge is 2.39. The lowest BCUT2D eigenvalue weighted by atomic mass is 9.80. The van der Waals surface area contributed by atoms with Gasteiger partial charge in [0.2, 0.25) is 0 Å². The van der Waals surface area contributed by atoms with Crippen molar-refractivity contribution in [2.75, 3.05) is 7.11 Å². The lowest BCUT2D eigenvalue weighted by Crippen LogP contribution is -2.37. The van der Waals surface area contributed by atoms with Crippen molar-refractivity contribution in [3.63, 3.8) is 0 Å². The maximum atomic E-state index is 12.4. The molecule has 0 bridgehead atoms. The predicted molar refractivity (Wildman–Crippen MR) is 73.1 cm³/mol. The van der Waals surface area contributed by atoms with Gasteiger partial charge in [-0.05, 0) is 19.9 Å². The minimum Gasteiger partial charge on any atom is -0.469 e. The summed E-state index contributed by atoms with van der Waals surface area (Å²) in [5.74, 6) is -1.05. The summed E-state index contributed by atoms with van der Waals surface area (Å²) >= 11 is 0. The molecule has 120 valence electrons. The number of rotatable bonds is 4. The van der Waals surface area contributed by atoms with Crippen LogP contribution in [0.1, 0.15) is 25.5 Å². The zero-order valence-electron chi connectivity index (χ0n) is 11.7. The molecule has 0 unspecified atom stereocenters. The van der Waals surface area contributed by atoms with Crippen LogP contribution in [-0.2, 0) is 9.53 Å². The number of nitrogens with two attached hydrogens (primary N) is 1. The molecular formula is C13H17ClF3NO3. The van der Waals surface area contributed by atoms with E-state index in [0.29, 0.717) is 0 Å². The largest absolute Gasteiger partial charge is 0.573 e. The molecule has 0 aliphatic rings. The Morgan fingerprint density at radius 1 is 1.24 bits per heavy atom. The predicted octanol–water partition coefficient (Wildman–Crippen LogP) is 3.21. The number of hydrogen-bond acceptors (Lipinski definition) is 4. The first kappa shape index (κ1) is 19.5. The first-order valence-corrected chi connectivity index (χ1v) is 5.78. The van der Waals surface area contributed by atoms with E-state index in [1.54, 1.807) is 0 Å². The molecule has 0 aliphatic carbocycles. The highest BCUT2D eigenvalue weighted by atomic mass is 35.5. The topological polar surface area (TPSA) is 61.5 Å². The van der Waals surface area contributed by atoms with Crippen LogP contribution < -0.4 is 10.5 Å². The lowest BCUT2D eigenvalue weighted by molar-refractivity contribution is -0.275.